The number of benzene rings is 2. The van der Waals surface area contributed by atoms with Crippen LogP contribution in [0.25, 0.3) is 6.08 Å². The molecule has 146 valence electrons. The summed E-state index contributed by atoms with van der Waals surface area (Å²) in [5.41, 5.74) is 1.84. The normalized spacial score (nSPS) is 10.4. The SMILES string of the molecule is CCOc1ccc(/C=C/C(=O)OCC(=O)Nc2cccc(NC(C)=O)c2)cc1. The fraction of sp³-hybridized carbons (Fsp3) is 0.190. The largest absolute Gasteiger partial charge is 0.494 e. The number of hydrogen-bond acceptors (Lipinski definition) is 5. The van der Waals surface area contributed by atoms with Gasteiger partial charge in [0.15, 0.2) is 6.61 Å². The Morgan fingerprint density at radius 3 is 2.32 bits per heavy atom. The number of rotatable bonds is 8. The highest BCUT2D eigenvalue weighted by atomic mass is 16.5. The van der Waals surface area contributed by atoms with Gasteiger partial charge in [-0.1, -0.05) is 18.2 Å². The molecule has 2 aromatic carbocycles. The first-order chi connectivity index (χ1) is 13.5. The molecule has 0 spiro atoms. The molecule has 0 aromatic heterocycles. The summed E-state index contributed by atoms with van der Waals surface area (Å²) in [6.07, 6.45) is 2.84. The maximum atomic E-state index is 11.9. The van der Waals surface area contributed by atoms with Crippen molar-refractivity contribution in [3.63, 3.8) is 0 Å². The molecule has 0 saturated carbocycles. The van der Waals surface area contributed by atoms with Crippen LogP contribution in [0.4, 0.5) is 11.4 Å². The van der Waals surface area contributed by atoms with Crippen molar-refractivity contribution in [1.82, 2.24) is 0 Å². The molecule has 0 radical (unpaired) electrons. The van der Waals surface area contributed by atoms with Crippen molar-refractivity contribution < 1.29 is 23.9 Å². The van der Waals surface area contributed by atoms with Crippen molar-refractivity contribution in [2.75, 3.05) is 23.8 Å². The average molecular weight is 382 g/mol. The highest BCUT2D eigenvalue weighted by Gasteiger charge is 2.06. The number of carbonyl (C=O) groups excluding carboxylic acids is 3. The van der Waals surface area contributed by atoms with Gasteiger partial charge in [-0.3, -0.25) is 9.59 Å². The van der Waals surface area contributed by atoms with E-state index in [0.29, 0.717) is 18.0 Å². The fourth-order valence-electron chi connectivity index (χ4n) is 2.27. The Labute approximate surface area is 163 Å². The van der Waals surface area contributed by atoms with Gasteiger partial charge in [-0.2, -0.15) is 0 Å². The van der Waals surface area contributed by atoms with Gasteiger partial charge in [-0.05, 0) is 48.9 Å². The maximum absolute atomic E-state index is 11.9. The quantitative estimate of drug-likeness (QED) is 0.540. The zero-order valence-corrected chi connectivity index (χ0v) is 15.7. The Hall–Kier alpha value is -3.61. The molecule has 7 nitrogen and oxygen atoms in total. The van der Waals surface area contributed by atoms with Gasteiger partial charge in [-0.15, -0.1) is 0 Å². The Bertz CT molecular complexity index is 859. The summed E-state index contributed by atoms with van der Waals surface area (Å²) in [7, 11) is 0. The summed E-state index contributed by atoms with van der Waals surface area (Å²) < 4.78 is 10.3. The predicted octanol–water partition coefficient (Wildman–Crippen LogP) is 3.24. The third kappa shape index (κ3) is 7.33. The van der Waals surface area contributed by atoms with Crippen LogP contribution in [-0.2, 0) is 19.1 Å². The lowest BCUT2D eigenvalue weighted by Crippen LogP contribution is -2.20. The molecule has 0 aliphatic heterocycles. The summed E-state index contributed by atoms with van der Waals surface area (Å²) in [4.78, 5) is 34.7. The highest BCUT2D eigenvalue weighted by molar-refractivity contribution is 5.95. The van der Waals surface area contributed by atoms with Crippen LogP contribution in [0.15, 0.2) is 54.6 Å². The van der Waals surface area contributed by atoms with Crippen molar-refractivity contribution in [2.24, 2.45) is 0 Å². The van der Waals surface area contributed by atoms with Crippen LogP contribution in [0, 0.1) is 0 Å². The number of hydrogen-bond donors (Lipinski definition) is 2. The summed E-state index contributed by atoms with van der Waals surface area (Å²) in [6.45, 7) is 3.46. The van der Waals surface area contributed by atoms with E-state index < -0.39 is 18.5 Å². The minimum Gasteiger partial charge on any atom is -0.494 e. The van der Waals surface area contributed by atoms with Crippen LogP contribution in [-0.4, -0.2) is 31.0 Å². The minimum absolute atomic E-state index is 0.211. The molecule has 0 bridgehead atoms. The van der Waals surface area contributed by atoms with Crippen LogP contribution in [0.1, 0.15) is 19.4 Å². The molecule has 2 aromatic rings. The molecule has 7 heteroatoms. The van der Waals surface area contributed by atoms with Gasteiger partial charge in [-0.25, -0.2) is 4.79 Å². The Morgan fingerprint density at radius 1 is 1.00 bits per heavy atom. The molecule has 0 saturated heterocycles. The monoisotopic (exact) mass is 382 g/mol. The second-order valence-corrected chi connectivity index (χ2v) is 5.75. The van der Waals surface area contributed by atoms with E-state index in [0.717, 1.165) is 11.3 Å². The average Bonchev–Trinajstić information content (AvgIpc) is 2.66. The zero-order valence-electron chi connectivity index (χ0n) is 15.7. The van der Waals surface area contributed by atoms with Crippen molar-refractivity contribution in [2.45, 2.75) is 13.8 Å². The summed E-state index contributed by atoms with van der Waals surface area (Å²) in [5.74, 6) is -0.572. The summed E-state index contributed by atoms with van der Waals surface area (Å²) in [6, 6.07) is 13.9. The number of ether oxygens (including phenoxy) is 2. The van der Waals surface area contributed by atoms with Crippen LogP contribution < -0.4 is 15.4 Å². The van der Waals surface area contributed by atoms with Crippen LogP contribution in [0.5, 0.6) is 5.75 Å². The van der Waals surface area contributed by atoms with Crippen molar-refractivity contribution in [1.29, 1.82) is 0 Å². The summed E-state index contributed by atoms with van der Waals surface area (Å²) >= 11 is 0. The second kappa shape index (κ2) is 10.5. The Morgan fingerprint density at radius 2 is 1.68 bits per heavy atom. The standard InChI is InChI=1S/C21H22N2O5/c1-3-27-19-10-7-16(8-11-19)9-12-21(26)28-14-20(25)23-18-6-4-5-17(13-18)22-15(2)24/h4-13H,3,14H2,1-2H3,(H,22,24)(H,23,25)/b12-9+. The smallest absolute Gasteiger partial charge is 0.331 e. The molecule has 2 N–H and O–H groups in total. The number of nitrogens with one attached hydrogen (secondary N) is 2. The molecule has 28 heavy (non-hydrogen) atoms. The highest BCUT2D eigenvalue weighted by Crippen LogP contribution is 2.15. The van der Waals surface area contributed by atoms with Crippen molar-refractivity contribution in [3.8, 4) is 5.75 Å². The second-order valence-electron chi connectivity index (χ2n) is 5.75. The van der Waals surface area contributed by atoms with E-state index in [1.165, 1.54) is 13.0 Å². The first kappa shape index (κ1) is 20.7. The molecule has 2 rings (SSSR count). The molecule has 0 aliphatic carbocycles. The van der Waals surface area contributed by atoms with E-state index >= 15 is 0 Å². The van der Waals surface area contributed by atoms with E-state index in [4.69, 9.17) is 9.47 Å². The van der Waals surface area contributed by atoms with Gasteiger partial charge in [0.1, 0.15) is 5.75 Å². The van der Waals surface area contributed by atoms with Crippen LogP contribution in [0.2, 0.25) is 0 Å². The molecular weight excluding hydrogens is 360 g/mol. The van der Waals surface area contributed by atoms with Crippen LogP contribution in [0.3, 0.4) is 0 Å². The minimum atomic E-state index is -0.629. The van der Waals surface area contributed by atoms with E-state index in [9.17, 15) is 14.4 Å². The lowest BCUT2D eigenvalue weighted by molar-refractivity contribution is -0.142. The molecular formula is C21H22N2O5. The number of amides is 2. The first-order valence-electron chi connectivity index (χ1n) is 8.71. The van der Waals surface area contributed by atoms with E-state index in [2.05, 4.69) is 10.6 Å². The zero-order chi connectivity index (χ0) is 20.4. The lowest BCUT2D eigenvalue weighted by atomic mass is 10.2. The predicted molar refractivity (Wildman–Crippen MR) is 107 cm³/mol. The summed E-state index contributed by atoms with van der Waals surface area (Å²) in [5, 5.41) is 5.22. The molecule has 0 unspecified atom stereocenters. The van der Waals surface area contributed by atoms with E-state index in [1.54, 1.807) is 42.5 Å². The van der Waals surface area contributed by atoms with Crippen molar-refractivity contribution in [3.05, 3.63) is 60.2 Å². The van der Waals surface area contributed by atoms with Gasteiger partial charge >= 0.3 is 5.97 Å². The van der Waals surface area contributed by atoms with E-state index in [-0.39, 0.29) is 5.91 Å². The van der Waals surface area contributed by atoms with Gasteiger partial charge in [0.25, 0.3) is 5.91 Å². The molecule has 0 heterocycles. The van der Waals surface area contributed by atoms with Crippen LogP contribution >= 0.6 is 0 Å². The van der Waals surface area contributed by atoms with Gasteiger partial charge < -0.3 is 20.1 Å². The lowest BCUT2D eigenvalue weighted by Gasteiger charge is -2.08. The molecule has 0 atom stereocenters. The Balaban J connectivity index is 1.80. The van der Waals surface area contributed by atoms with Gasteiger partial charge in [0.2, 0.25) is 5.91 Å². The molecule has 0 fully saturated rings. The fourth-order valence-corrected chi connectivity index (χ4v) is 2.27. The number of carbonyl (C=O) groups is 3. The third-order valence-electron chi connectivity index (χ3n) is 3.42. The Kier molecular flexibility index (Phi) is 7.77. The van der Waals surface area contributed by atoms with Crippen molar-refractivity contribution >= 4 is 35.2 Å². The van der Waals surface area contributed by atoms with Gasteiger partial charge in [0, 0.05) is 24.4 Å². The topological polar surface area (TPSA) is 93.7 Å². The third-order valence-corrected chi connectivity index (χ3v) is 3.42. The molecule has 2 amide bonds. The van der Waals surface area contributed by atoms with E-state index in [1.807, 2.05) is 19.1 Å². The first-order valence-corrected chi connectivity index (χ1v) is 8.71. The number of anilines is 2. The molecule has 0 aliphatic rings. The van der Waals surface area contributed by atoms with Gasteiger partial charge in [0.05, 0.1) is 6.61 Å². The maximum Gasteiger partial charge on any atom is 0.331 e. The number of esters is 1.